The van der Waals surface area contributed by atoms with Gasteiger partial charge in [-0.3, -0.25) is 4.79 Å². The summed E-state index contributed by atoms with van der Waals surface area (Å²) in [5.74, 6) is 0.627. The normalized spacial score (nSPS) is 10.6. The molecular weight excluding hydrogens is 322 g/mol. The molecule has 24 heavy (non-hydrogen) atoms. The maximum atomic E-state index is 12.3. The molecule has 0 aliphatic heterocycles. The first-order valence-corrected chi connectivity index (χ1v) is 8.10. The minimum atomic E-state index is -0.0773. The zero-order valence-corrected chi connectivity index (χ0v) is 14.1. The lowest BCUT2D eigenvalue weighted by atomic mass is 10.1. The first-order chi connectivity index (χ1) is 11.6. The maximum Gasteiger partial charge on any atom is 0.229 e. The fourth-order valence-corrected chi connectivity index (χ4v) is 2.62. The number of carbonyl (C=O) groups excluding carboxylic acids is 1. The van der Waals surface area contributed by atoms with Crippen molar-refractivity contribution in [3.05, 3.63) is 82.5 Å². The number of rotatable bonds is 5. The van der Waals surface area contributed by atoms with Gasteiger partial charge in [-0.1, -0.05) is 54.1 Å². The first-order valence-electron chi connectivity index (χ1n) is 7.73. The highest BCUT2D eigenvalue weighted by Gasteiger charge is 2.10. The number of halogens is 1. The van der Waals surface area contributed by atoms with Crippen LogP contribution in [-0.4, -0.2) is 15.7 Å². The van der Waals surface area contributed by atoms with Crippen LogP contribution in [0.15, 0.2) is 60.7 Å². The standard InChI is InChI=1S/C19H18ClN3O/c1-14-11-18(23(22-14)13-16-5-3-2-4-6-16)21-19(24)12-15-7-9-17(20)10-8-15/h2-11H,12-13H2,1H3,(H,21,24). The van der Waals surface area contributed by atoms with Crippen LogP contribution in [0.2, 0.25) is 5.02 Å². The first kappa shape index (κ1) is 16.3. The Morgan fingerprint density at radius 1 is 1.08 bits per heavy atom. The summed E-state index contributed by atoms with van der Waals surface area (Å²) in [4.78, 5) is 12.3. The van der Waals surface area contributed by atoms with Crippen molar-refractivity contribution in [3.63, 3.8) is 0 Å². The highest BCUT2D eigenvalue weighted by Crippen LogP contribution is 2.15. The molecular formula is C19H18ClN3O. The van der Waals surface area contributed by atoms with E-state index < -0.39 is 0 Å². The van der Waals surface area contributed by atoms with Crippen LogP contribution in [0, 0.1) is 6.92 Å². The molecule has 1 heterocycles. The summed E-state index contributed by atoms with van der Waals surface area (Å²) in [7, 11) is 0. The van der Waals surface area contributed by atoms with Crippen LogP contribution in [0.25, 0.3) is 0 Å². The van der Waals surface area contributed by atoms with Gasteiger partial charge in [-0.15, -0.1) is 0 Å². The summed E-state index contributed by atoms with van der Waals surface area (Å²) in [5.41, 5.74) is 2.92. The number of benzene rings is 2. The number of anilines is 1. The van der Waals surface area contributed by atoms with Crippen LogP contribution in [0.3, 0.4) is 0 Å². The second-order valence-corrected chi connectivity index (χ2v) is 6.10. The van der Waals surface area contributed by atoms with Gasteiger partial charge in [-0.05, 0) is 30.2 Å². The third-order valence-electron chi connectivity index (χ3n) is 3.62. The average molecular weight is 340 g/mol. The minimum absolute atomic E-state index is 0.0773. The molecule has 0 saturated heterocycles. The van der Waals surface area contributed by atoms with Crippen LogP contribution in [0.4, 0.5) is 5.82 Å². The van der Waals surface area contributed by atoms with Gasteiger partial charge < -0.3 is 5.32 Å². The second kappa shape index (κ2) is 7.32. The number of nitrogens with zero attached hydrogens (tertiary/aromatic N) is 2. The molecule has 0 fully saturated rings. The molecule has 0 saturated carbocycles. The van der Waals surface area contributed by atoms with Crippen molar-refractivity contribution in [2.24, 2.45) is 0 Å². The number of aryl methyl sites for hydroxylation is 1. The zero-order chi connectivity index (χ0) is 16.9. The van der Waals surface area contributed by atoms with Crippen LogP contribution in [0.1, 0.15) is 16.8 Å². The van der Waals surface area contributed by atoms with E-state index in [-0.39, 0.29) is 5.91 Å². The third kappa shape index (κ3) is 4.24. The van der Waals surface area contributed by atoms with E-state index in [1.54, 1.807) is 12.1 Å². The van der Waals surface area contributed by atoms with Crippen molar-refractivity contribution >= 4 is 23.3 Å². The Balaban J connectivity index is 1.70. The fourth-order valence-electron chi connectivity index (χ4n) is 2.50. The molecule has 1 aromatic heterocycles. The Hall–Kier alpha value is -2.59. The zero-order valence-electron chi connectivity index (χ0n) is 13.4. The number of amides is 1. The third-order valence-corrected chi connectivity index (χ3v) is 3.87. The van der Waals surface area contributed by atoms with Crippen molar-refractivity contribution in [1.29, 1.82) is 0 Å². The molecule has 0 aliphatic carbocycles. The molecule has 4 nitrogen and oxygen atoms in total. The highest BCUT2D eigenvalue weighted by molar-refractivity contribution is 6.30. The van der Waals surface area contributed by atoms with E-state index in [2.05, 4.69) is 10.4 Å². The van der Waals surface area contributed by atoms with E-state index in [1.807, 2.05) is 60.1 Å². The molecule has 3 rings (SSSR count). The van der Waals surface area contributed by atoms with Gasteiger partial charge in [0.1, 0.15) is 5.82 Å². The van der Waals surface area contributed by atoms with Gasteiger partial charge in [0.25, 0.3) is 0 Å². The van der Waals surface area contributed by atoms with Gasteiger partial charge in [0.05, 0.1) is 18.7 Å². The summed E-state index contributed by atoms with van der Waals surface area (Å²) in [6.45, 7) is 2.53. The predicted molar refractivity (Wildman–Crippen MR) is 96.3 cm³/mol. The Morgan fingerprint density at radius 3 is 2.50 bits per heavy atom. The van der Waals surface area contributed by atoms with E-state index in [0.29, 0.717) is 23.8 Å². The lowest BCUT2D eigenvalue weighted by molar-refractivity contribution is -0.115. The van der Waals surface area contributed by atoms with Gasteiger partial charge >= 0.3 is 0 Å². The Morgan fingerprint density at radius 2 is 1.79 bits per heavy atom. The van der Waals surface area contributed by atoms with Crippen molar-refractivity contribution < 1.29 is 4.79 Å². The largest absolute Gasteiger partial charge is 0.311 e. The van der Waals surface area contributed by atoms with Gasteiger partial charge in [0.2, 0.25) is 5.91 Å². The van der Waals surface area contributed by atoms with E-state index in [9.17, 15) is 4.79 Å². The molecule has 0 atom stereocenters. The molecule has 0 aliphatic rings. The van der Waals surface area contributed by atoms with Crippen molar-refractivity contribution in [3.8, 4) is 0 Å². The fraction of sp³-hybridized carbons (Fsp3) is 0.158. The Labute approximate surface area is 146 Å². The number of nitrogens with one attached hydrogen (secondary N) is 1. The molecule has 1 amide bonds. The van der Waals surface area contributed by atoms with Crippen LogP contribution in [-0.2, 0) is 17.8 Å². The Bertz CT molecular complexity index is 826. The predicted octanol–water partition coefficient (Wildman–Crippen LogP) is 4.07. The molecule has 1 N–H and O–H groups in total. The lowest BCUT2D eigenvalue weighted by Crippen LogP contribution is -2.18. The van der Waals surface area contributed by atoms with Gasteiger partial charge in [0.15, 0.2) is 0 Å². The van der Waals surface area contributed by atoms with Gasteiger partial charge in [-0.2, -0.15) is 5.10 Å². The molecule has 2 aromatic carbocycles. The summed E-state index contributed by atoms with van der Waals surface area (Å²) in [5, 5.41) is 8.07. The lowest BCUT2D eigenvalue weighted by Gasteiger charge is -2.09. The summed E-state index contributed by atoms with van der Waals surface area (Å²) >= 11 is 5.87. The minimum Gasteiger partial charge on any atom is -0.311 e. The number of aromatic nitrogens is 2. The van der Waals surface area contributed by atoms with E-state index >= 15 is 0 Å². The summed E-state index contributed by atoms with van der Waals surface area (Å²) in [6, 6.07) is 19.2. The topological polar surface area (TPSA) is 46.9 Å². The smallest absolute Gasteiger partial charge is 0.229 e. The molecule has 0 unspecified atom stereocenters. The van der Waals surface area contributed by atoms with Crippen molar-refractivity contribution in [2.45, 2.75) is 19.9 Å². The van der Waals surface area contributed by atoms with E-state index in [4.69, 9.17) is 11.6 Å². The molecule has 5 heteroatoms. The molecule has 0 bridgehead atoms. The molecule has 3 aromatic rings. The number of hydrogen-bond donors (Lipinski definition) is 1. The molecule has 0 spiro atoms. The van der Waals surface area contributed by atoms with Crippen molar-refractivity contribution in [1.82, 2.24) is 9.78 Å². The van der Waals surface area contributed by atoms with Gasteiger partial charge in [0, 0.05) is 11.1 Å². The summed E-state index contributed by atoms with van der Waals surface area (Å²) < 4.78 is 1.81. The van der Waals surface area contributed by atoms with Crippen LogP contribution < -0.4 is 5.32 Å². The van der Waals surface area contributed by atoms with Gasteiger partial charge in [-0.25, -0.2) is 4.68 Å². The molecule has 0 radical (unpaired) electrons. The van der Waals surface area contributed by atoms with Crippen LogP contribution >= 0.6 is 11.6 Å². The average Bonchev–Trinajstić information content (AvgIpc) is 2.89. The van der Waals surface area contributed by atoms with E-state index in [1.165, 1.54) is 0 Å². The van der Waals surface area contributed by atoms with Crippen LogP contribution in [0.5, 0.6) is 0 Å². The number of hydrogen-bond acceptors (Lipinski definition) is 2. The SMILES string of the molecule is Cc1cc(NC(=O)Cc2ccc(Cl)cc2)n(Cc2ccccc2)n1. The monoisotopic (exact) mass is 339 g/mol. The summed E-state index contributed by atoms with van der Waals surface area (Å²) in [6.07, 6.45) is 0.298. The highest BCUT2D eigenvalue weighted by atomic mass is 35.5. The number of carbonyl (C=O) groups is 1. The quantitative estimate of drug-likeness (QED) is 0.761. The maximum absolute atomic E-state index is 12.3. The Kier molecular flexibility index (Phi) is 4.96. The second-order valence-electron chi connectivity index (χ2n) is 5.67. The van der Waals surface area contributed by atoms with E-state index in [0.717, 1.165) is 16.8 Å². The van der Waals surface area contributed by atoms with Crippen molar-refractivity contribution in [2.75, 3.05) is 5.32 Å². The molecule has 122 valence electrons.